The molecule has 1 N–H and O–H groups in total. The number of aromatic nitrogens is 3. The van der Waals surface area contributed by atoms with E-state index >= 15 is 0 Å². The van der Waals surface area contributed by atoms with Crippen LogP contribution >= 0.6 is 0 Å². The molecule has 3 heterocycles. The maximum atomic E-state index is 4.55. The molecule has 1 unspecified atom stereocenters. The van der Waals surface area contributed by atoms with Gasteiger partial charge in [0.1, 0.15) is 0 Å². The maximum Gasteiger partial charge on any atom is 0.156 e. The lowest BCUT2D eigenvalue weighted by Crippen LogP contribution is -2.08. The van der Waals surface area contributed by atoms with E-state index in [0.717, 1.165) is 31.0 Å². The first-order valence-electron chi connectivity index (χ1n) is 5.36. The van der Waals surface area contributed by atoms with Gasteiger partial charge in [-0.1, -0.05) is 6.07 Å². The molecule has 1 aliphatic rings. The van der Waals surface area contributed by atoms with Gasteiger partial charge in [0.25, 0.3) is 0 Å². The summed E-state index contributed by atoms with van der Waals surface area (Å²) in [5, 5.41) is 7.86. The van der Waals surface area contributed by atoms with Crippen LogP contribution in [0.15, 0.2) is 18.3 Å². The molecule has 2 aromatic rings. The summed E-state index contributed by atoms with van der Waals surface area (Å²) >= 11 is 0. The van der Waals surface area contributed by atoms with Crippen LogP contribution < -0.4 is 5.32 Å². The lowest BCUT2D eigenvalue weighted by molar-refractivity contribution is 0.698. The lowest BCUT2D eigenvalue weighted by atomic mass is 10.1. The van der Waals surface area contributed by atoms with Crippen LogP contribution in [0.2, 0.25) is 0 Å². The maximum absolute atomic E-state index is 4.55. The van der Waals surface area contributed by atoms with Gasteiger partial charge in [-0.25, -0.2) is 9.50 Å². The van der Waals surface area contributed by atoms with Crippen molar-refractivity contribution in [1.82, 2.24) is 19.9 Å². The Morgan fingerprint density at radius 1 is 1.47 bits per heavy atom. The molecule has 1 atom stereocenters. The predicted molar refractivity (Wildman–Crippen MR) is 58.0 cm³/mol. The van der Waals surface area contributed by atoms with Gasteiger partial charge < -0.3 is 5.32 Å². The monoisotopic (exact) mass is 202 g/mol. The minimum atomic E-state index is 0.491. The number of fused-ring (bicyclic) bond motifs is 1. The number of aryl methyl sites for hydroxylation is 1. The summed E-state index contributed by atoms with van der Waals surface area (Å²) in [5.41, 5.74) is 2.16. The van der Waals surface area contributed by atoms with Crippen molar-refractivity contribution in [2.24, 2.45) is 0 Å². The molecular formula is C11H14N4. The van der Waals surface area contributed by atoms with Gasteiger partial charge in [-0.05, 0) is 31.5 Å². The second kappa shape index (κ2) is 3.31. The van der Waals surface area contributed by atoms with Gasteiger partial charge in [0, 0.05) is 18.7 Å². The molecule has 0 aromatic carbocycles. The van der Waals surface area contributed by atoms with Crippen molar-refractivity contribution in [1.29, 1.82) is 0 Å². The molecule has 0 aliphatic carbocycles. The summed E-state index contributed by atoms with van der Waals surface area (Å²) in [5.74, 6) is 1.47. The topological polar surface area (TPSA) is 42.2 Å². The van der Waals surface area contributed by atoms with Crippen LogP contribution in [-0.2, 0) is 0 Å². The van der Waals surface area contributed by atoms with Gasteiger partial charge >= 0.3 is 0 Å². The highest BCUT2D eigenvalue weighted by Crippen LogP contribution is 2.19. The molecule has 4 heteroatoms. The fourth-order valence-electron chi connectivity index (χ4n) is 2.05. The first kappa shape index (κ1) is 8.85. The zero-order valence-electron chi connectivity index (χ0n) is 8.77. The zero-order chi connectivity index (χ0) is 10.3. The molecule has 78 valence electrons. The fraction of sp³-hybridized carbons (Fsp3) is 0.455. The van der Waals surface area contributed by atoms with Gasteiger partial charge in [-0.2, -0.15) is 5.10 Å². The van der Waals surface area contributed by atoms with E-state index < -0.39 is 0 Å². The van der Waals surface area contributed by atoms with E-state index in [0.29, 0.717) is 5.92 Å². The van der Waals surface area contributed by atoms with Crippen LogP contribution in [0, 0.1) is 6.92 Å². The molecule has 15 heavy (non-hydrogen) atoms. The largest absolute Gasteiger partial charge is 0.316 e. The average Bonchev–Trinajstić information content (AvgIpc) is 2.84. The molecule has 0 spiro atoms. The third-order valence-corrected chi connectivity index (χ3v) is 2.92. The number of hydrogen-bond acceptors (Lipinski definition) is 3. The summed E-state index contributed by atoms with van der Waals surface area (Å²) in [7, 11) is 0. The SMILES string of the molecule is Cc1ccc2nc(C3CCNC3)nn2c1. The molecule has 0 saturated carbocycles. The summed E-state index contributed by atoms with van der Waals surface area (Å²) in [4.78, 5) is 4.55. The Morgan fingerprint density at radius 3 is 3.20 bits per heavy atom. The first-order chi connectivity index (χ1) is 7.33. The lowest BCUT2D eigenvalue weighted by Gasteiger charge is -1.99. The second-order valence-corrected chi connectivity index (χ2v) is 4.17. The van der Waals surface area contributed by atoms with Crippen LogP contribution in [0.3, 0.4) is 0 Å². The summed E-state index contributed by atoms with van der Waals surface area (Å²) in [6, 6.07) is 4.09. The third-order valence-electron chi connectivity index (χ3n) is 2.92. The smallest absolute Gasteiger partial charge is 0.156 e. The quantitative estimate of drug-likeness (QED) is 0.753. The Hall–Kier alpha value is -1.42. The third kappa shape index (κ3) is 1.51. The van der Waals surface area contributed by atoms with Crippen molar-refractivity contribution in [3.63, 3.8) is 0 Å². The van der Waals surface area contributed by atoms with Crippen LogP contribution in [0.4, 0.5) is 0 Å². The fourth-order valence-corrected chi connectivity index (χ4v) is 2.05. The van der Waals surface area contributed by atoms with Crippen molar-refractivity contribution in [3.8, 4) is 0 Å². The van der Waals surface area contributed by atoms with E-state index in [1.807, 2.05) is 16.8 Å². The predicted octanol–water partition coefficient (Wildman–Crippen LogP) is 1.11. The number of hydrogen-bond donors (Lipinski definition) is 1. The molecule has 3 rings (SSSR count). The van der Waals surface area contributed by atoms with E-state index in [9.17, 15) is 0 Å². The van der Waals surface area contributed by atoms with Crippen molar-refractivity contribution in [3.05, 3.63) is 29.7 Å². The summed E-state index contributed by atoms with van der Waals surface area (Å²) in [6.07, 6.45) is 3.17. The van der Waals surface area contributed by atoms with Gasteiger partial charge in [-0.3, -0.25) is 0 Å². The van der Waals surface area contributed by atoms with Crippen LogP contribution in [0.25, 0.3) is 5.65 Å². The van der Waals surface area contributed by atoms with E-state index in [4.69, 9.17) is 0 Å². The standard InChI is InChI=1S/C11H14N4/c1-8-2-3-10-13-11(14-15(10)7-8)9-4-5-12-6-9/h2-3,7,9,12H,4-6H2,1H3. The minimum absolute atomic E-state index is 0.491. The minimum Gasteiger partial charge on any atom is -0.316 e. The Morgan fingerprint density at radius 2 is 2.40 bits per heavy atom. The van der Waals surface area contributed by atoms with Crippen molar-refractivity contribution in [2.75, 3.05) is 13.1 Å². The molecule has 0 radical (unpaired) electrons. The van der Waals surface area contributed by atoms with Crippen LogP contribution in [0.1, 0.15) is 23.7 Å². The Balaban J connectivity index is 2.05. The van der Waals surface area contributed by atoms with E-state index in [1.54, 1.807) is 0 Å². The highest BCUT2D eigenvalue weighted by Gasteiger charge is 2.20. The van der Waals surface area contributed by atoms with E-state index in [2.05, 4.69) is 28.4 Å². The molecule has 4 nitrogen and oxygen atoms in total. The second-order valence-electron chi connectivity index (χ2n) is 4.17. The van der Waals surface area contributed by atoms with Crippen LogP contribution in [-0.4, -0.2) is 27.7 Å². The van der Waals surface area contributed by atoms with E-state index in [1.165, 1.54) is 5.56 Å². The Bertz CT molecular complexity index is 482. The Kier molecular flexibility index (Phi) is 1.95. The first-order valence-corrected chi connectivity index (χ1v) is 5.36. The van der Waals surface area contributed by atoms with Gasteiger partial charge in [0.15, 0.2) is 11.5 Å². The van der Waals surface area contributed by atoms with Crippen molar-refractivity contribution in [2.45, 2.75) is 19.3 Å². The number of nitrogens with zero attached hydrogens (tertiary/aromatic N) is 3. The van der Waals surface area contributed by atoms with Gasteiger partial charge in [0.05, 0.1) is 0 Å². The van der Waals surface area contributed by atoms with Crippen molar-refractivity contribution >= 4 is 5.65 Å². The molecule has 0 bridgehead atoms. The van der Waals surface area contributed by atoms with E-state index in [-0.39, 0.29) is 0 Å². The molecule has 1 aliphatic heterocycles. The number of rotatable bonds is 1. The highest BCUT2D eigenvalue weighted by molar-refractivity contribution is 5.38. The number of nitrogens with one attached hydrogen (secondary N) is 1. The van der Waals surface area contributed by atoms with Gasteiger partial charge in [0.2, 0.25) is 0 Å². The summed E-state index contributed by atoms with van der Waals surface area (Å²) in [6.45, 7) is 4.16. The molecule has 1 fully saturated rings. The van der Waals surface area contributed by atoms with Crippen molar-refractivity contribution < 1.29 is 0 Å². The summed E-state index contributed by atoms with van der Waals surface area (Å²) < 4.78 is 1.88. The molecular weight excluding hydrogens is 188 g/mol. The number of pyridine rings is 1. The molecule has 0 amide bonds. The molecule has 2 aromatic heterocycles. The molecule has 1 saturated heterocycles. The zero-order valence-corrected chi connectivity index (χ0v) is 8.77. The van der Waals surface area contributed by atoms with Gasteiger partial charge in [-0.15, -0.1) is 0 Å². The Labute approximate surface area is 88.3 Å². The highest BCUT2D eigenvalue weighted by atomic mass is 15.3. The average molecular weight is 202 g/mol. The van der Waals surface area contributed by atoms with Crippen LogP contribution in [0.5, 0.6) is 0 Å². The normalized spacial score (nSPS) is 21.3.